The average molecular weight is 788 g/mol. The van der Waals surface area contributed by atoms with E-state index in [4.69, 9.17) is 44.6 Å². The third-order valence-corrected chi connectivity index (χ3v) is 9.80. The minimum Gasteiger partial charge on any atom is -0.341 e. The average Bonchev–Trinajstić information content (AvgIpc) is 3.07. The number of unbranched alkanes of at least 4 members (excludes halogenated alkanes) is 5. The Bertz CT molecular complexity index is 1200. The number of hydrogen-bond acceptors (Lipinski definition) is 11. The van der Waals surface area contributed by atoms with E-state index >= 15 is 0 Å². The van der Waals surface area contributed by atoms with Crippen LogP contribution in [-0.4, -0.2) is 91.4 Å². The van der Waals surface area contributed by atoms with E-state index in [9.17, 15) is 0 Å². The number of hydroxylamine groups is 2. The second-order valence-electron chi connectivity index (χ2n) is 15.1. The smallest absolute Gasteiger partial charge is 0.231 e. The van der Waals surface area contributed by atoms with Crippen molar-refractivity contribution in [3.05, 3.63) is 15.9 Å². The van der Waals surface area contributed by atoms with Gasteiger partial charge in [-0.3, -0.25) is 4.84 Å². The van der Waals surface area contributed by atoms with Crippen LogP contribution >= 0.6 is 34.8 Å². The van der Waals surface area contributed by atoms with Crippen LogP contribution in [0.4, 0.5) is 17.8 Å². The summed E-state index contributed by atoms with van der Waals surface area (Å²) in [7, 11) is 0. The maximum atomic E-state index is 6.26. The second kappa shape index (κ2) is 23.9. The molecular formula is C38H69Cl3N10O. The molecule has 0 amide bonds. The molecule has 3 rings (SSSR count). The Morgan fingerprint density at radius 2 is 0.904 bits per heavy atom. The van der Waals surface area contributed by atoms with Gasteiger partial charge in [-0.05, 0) is 114 Å². The Hall–Kier alpha value is -1.79. The van der Waals surface area contributed by atoms with E-state index in [-0.39, 0.29) is 27.7 Å². The first-order valence-corrected chi connectivity index (χ1v) is 21.1. The summed E-state index contributed by atoms with van der Waals surface area (Å²) in [4.78, 5) is 39.2. The van der Waals surface area contributed by atoms with Crippen molar-refractivity contribution in [3.63, 3.8) is 0 Å². The fourth-order valence-corrected chi connectivity index (χ4v) is 7.32. The van der Waals surface area contributed by atoms with Crippen LogP contribution in [0, 0.1) is 0 Å². The highest BCUT2D eigenvalue weighted by Crippen LogP contribution is 2.41. The summed E-state index contributed by atoms with van der Waals surface area (Å²) in [5.74, 6) is 2.03. The zero-order chi connectivity index (χ0) is 38.7. The van der Waals surface area contributed by atoms with E-state index in [0.717, 1.165) is 135 Å². The molecule has 1 saturated heterocycles. The molecule has 11 nitrogen and oxygen atoms in total. The number of rotatable bonds is 22. The first-order valence-electron chi connectivity index (χ1n) is 19.9. The quantitative estimate of drug-likeness (QED) is 0.114. The largest absolute Gasteiger partial charge is 0.341 e. The van der Waals surface area contributed by atoms with Crippen molar-refractivity contribution >= 4 is 52.6 Å². The van der Waals surface area contributed by atoms with Gasteiger partial charge in [0, 0.05) is 49.8 Å². The number of halogens is 3. The lowest BCUT2D eigenvalue weighted by Crippen LogP contribution is -2.64. The Labute approximate surface area is 331 Å². The van der Waals surface area contributed by atoms with E-state index < -0.39 is 0 Å². The summed E-state index contributed by atoms with van der Waals surface area (Å²) in [5.41, 5.74) is -0.237. The van der Waals surface area contributed by atoms with Crippen molar-refractivity contribution in [1.82, 2.24) is 35.0 Å². The fourth-order valence-electron chi connectivity index (χ4n) is 6.81. The Morgan fingerprint density at radius 3 is 1.29 bits per heavy atom. The fraction of sp³-hybridized carbons (Fsp3) is 0.842. The molecule has 0 N–H and O–H groups in total. The number of piperidine rings is 1. The predicted octanol–water partition coefficient (Wildman–Crippen LogP) is 10.5. The number of nitrogens with zero attached hydrogens (tertiary/aromatic N) is 10. The van der Waals surface area contributed by atoms with Crippen LogP contribution in [0.5, 0.6) is 0 Å². The molecule has 1 aliphatic heterocycles. The van der Waals surface area contributed by atoms with Gasteiger partial charge in [0.25, 0.3) is 0 Å². The Morgan fingerprint density at radius 1 is 0.538 bits per heavy atom. The zero-order valence-electron chi connectivity index (χ0n) is 34.0. The molecule has 1 aliphatic rings. The summed E-state index contributed by atoms with van der Waals surface area (Å²) >= 11 is 18.4. The molecule has 1 fully saturated rings. The second-order valence-corrected chi connectivity index (χ2v) is 16.1. The van der Waals surface area contributed by atoms with Gasteiger partial charge >= 0.3 is 0 Å². The van der Waals surface area contributed by atoms with Crippen LogP contribution in [0.2, 0.25) is 15.9 Å². The van der Waals surface area contributed by atoms with Crippen molar-refractivity contribution in [3.8, 4) is 0 Å². The molecule has 0 bridgehead atoms. The number of hydrogen-bond donors (Lipinski definition) is 0. The summed E-state index contributed by atoms with van der Waals surface area (Å²) in [6.45, 7) is 27.6. The molecule has 0 aromatic carbocycles. The molecule has 0 radical (unpaired) electrons. The van der Waals surface area contributed by atoms with E-state index in [1.165, 1.54) is 0 Å². The van der Waals surface area contributed by atoms with Crippen LogP contribution in [0.25, 0.3) is 0 Å². The van der Waals surface area contributed by atoms with Crippen LogP contribution < -0.4 is 14.7 Å². The first-order chi connectivity index (χ1) is 24.8. The molecule has 0 unspecified atom stereocenters. The van der Waals surface area contributed by atoms with Gasteiger partial charge in [0.05, 0.1) is 6.61 Å². The predicted molar refractivity (Wildman–Crippen MR) is 220 cm³/mol. The molecule has 3 heterocycles. The minimum absolute atomic E-state index is 0.118. The van der Waals surface area contributed by atoms with E-state index in [0.29, 0.717) is 11.2 Å². The molecular weight excluding hydrogens is 719 g/mol. The highest BCUT2D eigenvalue weighted by molar-refractivity contribution is 6.31. The molecule has 52 heavy (non-hydrogen) atoms. The zero-order valence-corrected chi connectivity index (χ0v) is 36.3. The standard InChI is InChI=1S/C19H33Cl2N5O.C19H36ClN5/c1-7-9-10-25(17-23-15(20)22-16(21)24-17)14-12-18(3,4)26(27-11-8-2)19(5,6)13-14;1-5-9-13-24(14-10-6-2)18-21-17(20)22-19(23-18)25(15-11-7-3)16-12-8-4/h14H,7-13H2,1-6H3;5-16H2,1-4H3. The van der Waals surface area contributed by atoms with E-state index in [1.807, 2.05) is 0 Å². The summed E-state index contributed by atoms with van der Waals surface area (Å²) in [6, 6.07) is 0.262. The van der Waals surface area contributed by atoms with Gasteiger partial charge in [0.1, 0.15) is 0 Å². The topological polar surface area (TPSA) is 99.5 Å². The molecule has 2 aromatic heterocycles. The van der Waals surface area contributed by atoms with Crippen molar-refractivity contribution in [2.24, 2.45) is 0 Å². The lowest BCUT2D eigenvalue weighted by atomic mass is 9.78. The number of aromatic nitrogens is 6. The first kappa shape index (κ1) is 46.4. The van der Waals surface area contributed by atoms with Gasteiger partial charge < -0.3 is 14.7 Å². The van der Waals surface area contributed by atoms with Crippen molar-refractivity contribution in [2.75, 3.05) is 54.0 Å². The van der Waals surface area contributed by atoms with Crippen LogP contribution in [0.3, 0.4) is 0 Å². The van der Waals surface area contributed by atoms with E-state index in [2.05, 4.69) is 114 Å². The molecule has 0 aliphatic carbocycles. The van der Waals surface area contributed by atoms with Crippen molar-refractivity contribution in [2.45, 2.75) is 170 Å². The highest BCUT2D eigenvalue weighted by Gasteiger charge is 2.48. The summed E-state index contributed by atoms with van der Waals surface area (Å²) in [6.07, 6.45) is 14.2. The Kier molecular flexibility index (Phi) is 21.3. The lowest BCUT2D eigenvalue weighted by molar-refractivity contribution is -0.282. The normalized spacial score (nSPS) is 15.6. The maximum Gasteiger partial charge on any atom is 0.231 e. The maximum absolute atomic E-state index is 6.26. The van der Waals surface area contributed by atoms with Gasteiger partial charge in [-0.2, -0.15) is 35.0 Å². The molecule has 2 aromatic rings. The van der Waals surface area contributed by atoms with Crippen LogP contribution in [0.1, 0.15) is 153 Å². The van der Waals surface area contributed by atoms with Gasteiger partial charge in [-0.25, -0.2) is 0 Å². The Balaban J connectivity index is 0.000000361. The summed E-state index contributed by atoms with van der Waals surface area (Å²) < 4.78 is 0. The van der Waals surface area contributed by atoms with Gasteiger partial charge in [-0.15, -0.1) is 0 Å². The third-order valence-electron chi connectivity index (χ3n) is 9.29. The van der Waals surface area contributed by atoms with Crippen molar-refractivity contribution in [1.29, 1.82) is 0 Å². The number of anilines is 3. The van der Waals surface area contributed by atoms with Crippen LogP contribution in [-0.2, 0) is 4.84 Å². The summed E-state index contributed by atoms with van der Waals surface area (Å²) in [5, 5.41) is 2.75. The molecule has 0 spiro atoms. The van der Waals surface area contributed by atoms with Crippen LogP contribution in [0.15, 0.2) is 0 Å². The molecule has 298 valence electrons. The SMILES string of the molecule is CCCCN(CCCC)c1nc(Cl)nc(N(CCCC)CCCC)n1.CCCCN(c1nc(Cl)nc(Cl)n1)C1CC(C)(C)N(OCCC)C(C)(C)C1. The van der Waals surface area contributed by atoms with Gasteiger partial charge in [0.2, 0.25) is 33.7 Å². The van der Waals surface area contributed by atoms with Gasteiger partial charge in [-0.1, -0.05) is 73.6 Å². The lowest BCUT2D eigenvalue weighted by Gasteiger charge is -2.55. The molecule has 14 heteroatoms. The van der Waals surface area contributed by atoms with Gasteiger partial charge in [0.15, 0.2) is 0 Å². The monoisotopic (exact) mass is 786 g/mol. The molecule has 0 saturated carbocycles. The minimum atomic E-state index is -0.118. The molecule has 0 atom stereocenters. The van der Waals surface area contributed by atoms with E-state index in [1.54, 1.807) is 0 Å². The third kappa shape index (κ3) is 15.2. The highest BCUT2D eigenvalue weighted by atomic mass is 35.5. The van der Waals surface area contributed by atoms with Crippen molar-refractivity contribution < 1.29 is 4.84 Å².